The topological polar surface area (TPSA) is 41.1 Å². The van der Waals surface area contributed by atoms with Crippen LogP contribution >= 0.6 is 0 Å². The number of benzene rings is 1. The van der Waals surface area contributed by atoms with Crippen LogP contribution in [0, 0.1) is 17.6 Å². The van der Waals surface area contributed by atoms with E-state index in [0.29, 0.717) is 12.5 Å². The summed E-state index contributed by atoms with van der Waals surface area (Å²) in [6.07, 6.45) is 0.932. The molecule has 1 aromatic rings. The quantitative estimate of drug-likeness (QED) is 0.850. The van der Waals surface area contributed by atoms with E-state index in [2.05, 4.69) is 10.6 Å². The SMILES string of the molecule is CCC(C)CNC(=O)c1cc(F)c(NC)c(F)c1. The summed E-state index contributed by atoms with van der Waals surface area (Å²) < 4.78 is 26.9. The number of halogens is 2. The summed E-state index contributed by atoms with van der Waals surface area (Å²) in [5.74, 6) is -1.67. The Kier molecular flexibility index (Phi) is 5.07. The standard InChI is InChI=1S/C13H18F2N2O/c1-4-8(2)7-17-13(18)9-5-10(14)12(16-3)11(15)6-9/h5-6,8,16H,4,7H2,1-3H3,(H,17,18). The lowest BCUT2D eigenvalue weighted by molar-refractivity contribution is 0.0947. The highest BCUT2D eigenvalue weighted by molar-refractivity contribution is 5.94. The smallest absolute Gasteiger partial charge is 0.251 e. The van der Waals surface area contributed by atoms with E-state index >= 15 is 0 Å². The van der Waals surface area contributed by atoms with Crippen molar-refractivity contribution in [2.24, 2.45) is 5.92 Å². The molecule has 0 spiro atoms. The van der Waals surface area contributed by atoms with Gasteiger partial charge in [0.1, 0.15) is 17.3 Å². The molecule has 5 heteroatoms. The Bertz CT molecular complexity index is 412. The van der Waals surface area contributed by atoms with Crippen molar-refractivity contribution in [3.05, 3.63) is 29.3 Å². The first-order valence-corrected chi connectivity index (χ1v) is 5.94. The minimum atomic E-state index is -0.772. The second-order valence-corrected chi connectivity index (χ2v) is 4.29. The third kappa shape index (κ3) is 3.42. The average molecular weight is 256 g/mol. The van der Waals surface area contributed by atoms with Crippen LogP contribution in [0.15, 0.2) is 12.1 Å². The van der Waals surface area contributed by atoms with Gasteiger partial charge in [0.2, 0.25) is 0 Å². The molecule has 0 radical (unpaired) electrons. The number of nitrogens with one attached hydrogen (secondary N) is 2. The highest BCUT2D eigenvalue weighted by atomic mass is 19.1. The lowest BCUT2D eigenvalue weighted by atomic mass is 10.1. The fourth-order valence-electron chi connectivity index (χ4n) is 1.46. The molecule has 0 heterocycles. The van der Waals surface area contributed by atoms with Crippen molar-refractivity contribution in [3.8, 4) is 0 Å². The van der Waals surface area contributed by atoms with E-state index in [-0.39, 0.29) is 11.3 Å². The Morgan fingerprint density at radius 1 is 1.33 bits per heavy atom. The first-order chi connectivity index (χ1) is 8.49. The summed E-state index contributed by atoms with van der Waals surface area (Å²) in [7, 11) is 1.42. The molecule has 100 valence electrons. The van der Waals surface area contributed by atoms with Crippen LogP contribution in [0.5, 0.6) is 0 Å². The van der Waals surface area contributed by atoms with Crippen LogP contribution in [0.3, 0.4) is 0 Å². The van der Waals surface area contributed by atoms with E-state index in [1.54, 1.807) is 0 Å². The molecule has 0 bridgehead atoms. The predicted octanol–water partition coefficient (Wildman–Crippen LogP) is 2.78. The number of rotatable bonds is 5. The number of amides is 1. The van der Waals surface area contributed by atoms with E-state index in [1.807, 2.05) is 13.8 Å². The van der Waals surface area contributed by atoms with Crippen molar-refractivity contribution in [1.29, 1.82) is 0 Å². The Morgan fingerprint density at radius 2 is 1.89 bits per heavy atom. The lowest BCUT2D eigenvalue weighted by Crippen LogP contribution is -2.28. The van der Waals surface area contributed by atoms with Crippen LogP contribution in [0.4, 0.5) is 14.5 Å². The number of hydrogen-bond acceptors (Lipinski definition) is 2. The van der Waals surface area contributed by atoms with Gasteiger partial charge in [0.05, 0.1) is 0 Å². The van der Waals surface area contributed by atoms with Crippen LogP contribution < -0.4 is 10.6 Å². The largest absolute Gasteiger partial charge is 0.383 e. The van der Waals surface area contributed by atoms with Crippen LogP contribution in [0.1, 0.15) is 30.6 Å². The maximum atomic E-state index is 13.5. The van der Waals surface area contributed by atoms with Gasteiger partial charge in [-0.1, -0.05) is 20.3 Å². The van der Waals surface area contributed by atoms with E-state index in [1.165, 1.54) is 7.05 Å². The van der Waals surface area contributed by atoms with Gasteiger partial charge in [0, 0.05) is 19.2 Å². The molecule has 0 fully saturated rings. The highest BCUT2D eigenvalue weighted by Gasteiger charge is 2.14. The molecule has 2 N–H and O–H groups in total. The van der Waals surface area contributed by atoms with Crippen molar-refractivity contribution in [1.82, 2.24) is 5.32 Å². The monoisotopic (exact) mass is 256 g/mol. The maximum Gasteiger partial charge on any atom is 0.251 e. The maximum absolute atomic E-state index is 13.5. The molecule has 1 amide bonds. The van der Waals surface area contributed by atoms with Gasteiger partial charge in [-0.05, 0) is 18.1 Å². The zero-order chi connectivity index (χ0) is 13.7. The van der Waals surface area contributed by atoms with Gasteiger partial charge in [-0.15, -0.1) is 0 Å². The van der Waals surface area contributed by atoms with Gasteiger partial charge >= 0.3 is 0 Å². The molecule has 0 aliphatic rings. The molecule has 1 aromatic carbocycles. The Labute approximate surface area is 106 Å². The van der Waals surface area contributed by atoms with Crippen molar-refractivity contribution >= 4 is 11.6 Å². The molecule has 1 unspecified atom stereocenters. The second kappa shape index (κ2) is 6.33. The summed E-state index contributed by atoms with van der Waals surface area (Å²) in [5.41, 5.74) is -0.235. The van der Waals surface area contributed by atoms with E-state index in [4.69, 9.17) is 0 Å². The Balaban J connectivity index is 2.81. The summed E-state index contributed by atoms with van der Waals surface area (Å²) in [6.45, 7) is 4.50. The van der Waals surface area contributed by atoms with Crippen molar-refractivity contribution in [2.75, 3.05) is 18.9 Å². The minimum absolute atomic E-state index is 0.00713. The minimum Gasteiger partial charge on any atom is -0.383 e. The molecule has 0 saturated carbocycles. The van der Waals surface area contributed by atoms with Gasteiger partial charge in [0.25, 0.3) is 5.91 Å². The highest BCUT2D eigenvalue weighted by Crippen LogP contribution is 2.20. The lowest BCUT2D eigenvalue weighted by Gasteiger charge is -2.11. The first-order valence-electron chi connectivity index (χ1n) is 5.94. The molecule has 0 aliphatic heterocycles. The normalized spacial score (nSPS) is 12.1. The van der Waals surface area contributed by atoms with Gasteiger partial charge in [-0.3, -0.25) is 4.79 Å². The van der Waals surface area contributed by atoms with Crippen LogP contribution in [-0.2, 0) is 0 Å². The molecular weight excluding hydrogens is 238 g/mol. The van der Waals surface area contributed by atoms with Gasteiger partial charge in [0.15, 0.2) is 0 Å². The molecule has 0 aromatic heterocycles. The molecule has 1 atom stereocenters. The van der Waals surface area contributed by atoms with Crippen LogP contribution in [-0.4, -0.2) is 19.5 Å². The zero-order valence-electron chi connectivity index (χ0n) is 10.8. The number of anilines is 1. The predicted molar refractivity (Wildman–Crippen MR) is 67.7 cm³/mol. The number of carbonyl (C=O) groups excluding carboxylic acids is 1. The van der Waals surface area contributed by atoms with Crippen molar-refractivity contribution in [3.63, 3.8) is 0 Å². The van der Waals surface area contributed by atoms with E-state index < -0.39 is 17.5 Å². The molecule has 18 heavy (non-hydrogen) atoms. The fourth-order valence-corrected chi connectivity index (χ4v) is 1.46. The number of hydrogen-bond donors (Lipinski definition) is 2. The molecule has 0 aliphatic carbocycles. The summed E-state index contributed by atoms with van der Waals surface area (Å²) in [4.78, 5) is 11.7. The Morgan fingerprint density at radius 3 is 2.33 bits per heavy atom. The van der Waals surface area contributed by atoms with Crippen molar-refractivity contribution < 1.29 is 13.6 Å². The summed E-state index contributed by atoms with van der Waals surface area (Å²) in [6, 6.07) is 2.06. The molecule has 0 saturated heterocycles. The summed E-state index contributed by atoms with van der Waals surface area (Å²) in [5, 5.41) is 5.06. The van der Waals surface area contributed by atoms with Crippen LogP contribution in [0.25, 0.3) is 0 Å². The van der Waals surface area contributed by atoms with Gasteiger partial charge in [-0.2, -0.15) is 0 Å². The molecule has 1 rings (SSSR count). The first kappa shape index (κ1) is 14.4. The van der Waals surface area contributed by atoms with Crippen LogP contribution in [0.2, 0.25) is 0 Å². The second-order valence-electron chi connectivity index (χ2n) is 4.29. The molecular formula is C13H18F2N2O. The molecule has 3 nitrogen and oxygen atoms in total. The summed E-state index contributed by atoms with van der Waals surface area (Å²) >= 11 is 0. The number of carbonyl (C=O) groups is 1. The third-order valence-electron chi connectivity index (χ3n) is 2.86. The van der Waals surface area contributed by atoms with Gasteiger partial charge < -0.3 is 10.6 Å². The van der Waals surface area contributed by atoms with Crippen molar-refractivity contribution in [2.45, 2.75) is 20.3 Å². The van der Waals surface area contributed by atoms with Gasteiger partial charge in [-0.25, -0.2) is 8.78 Å². The average Bonchev–Trinajstić information content (AvgIpc) is 2.34. The third-order valence-corrected chi connectivity index (χ3v) is 2.86. The van der Waals surface area contributed by atoms with E-state index in [0.717, 1.165) is 18.6 Å². The Hall–Kier alpha value is -1.65. The zero-order valence-corrected chi connectivity index (χ0v) is 10.8. The fraction of sp³-hybridized carbons (Fsp3) is 0.462. The van der Waals surface area contributed by atoms with E-state index in [9.17, 15) is 13.6 Å².